The molecule has 1 aliphatic heterocycles. The lowest BCUT2D eigenvalue weighted by atomic mass is 9.87. The minimum Gasteiger partial charge on any atom is -0.486 e. The van der Waals surface area contributed by atoms with Crippen LogP contribution in [0.4, 0.5) is 4.39 Å². The third kappa shape index (κ3) is 5.30. The molecule has 0 spiro atoms. The molecule has 0 radical (unpaired) electrons. The molecule has 2 aromatic carbocycles. The van der Waals surface area contributed by atoms with Gasteiger partial charge in [0.1, 0.15) is 23.9 Å². The largest absolute Gasteiger partial charge is 0.486 e. The van der Waals surface area contributed by atoms with Gasteiger partial charge in [0, 0.05) is 25.6 Å². The highest BCUT2D eigenvalue weighted by Gasteiger charge is 2.33. The van der Waals surface area contributed by atoms with E-state index in [2.05, 4.69) is 0 Å². The number of furan rings is 1. The lowest BCUT2D eigenvalue weighted by Gasteiger charge is -2.39. The zero-order valence-electron chi connectivity index (χ0n) is 21.5. The maximum absolute atomic E-state index is 14.2. The second-order valence-electron chi connectivity index (χ2n) is 9.82. The highest BCUT2D eigenvalue weighted by molar-refractivity contribution is 5.91. The maximum atomic E-state index is 14.2. The normalized spacial score (nSPS) is 15.2. The highest BCUT2D eigenvalue weighted by Crippen LogP contribution is 2.38. The number of rotatable bonds is 7. The van der Waals surface area contributed by atoms with E-state index in [-0.39, 0.29) is 42.0 Å². The molecular weight excluding hydrogens is 459 g/mol. The Morgan fingerprint density at radius 1 is 1.11 bits per heavy atom. The molecule has 2 heterocycles. The van der Waals surface area contributed by atoms with Crippen LogP contribution in [0.2, 0.25) is 0 Å². The average Bonchev–Trinajstić information content (AvgIpc) is 3.34. The monoisotopic (exact) mass is 492 g/mol. The van der Waals surface area contributed by atoms with Crippen molar-refractivity contribution < 1.29 is 23.1 Å². The summed E-state index contributed by atoms with van der Waals surface area (Å²) in [6.45, 7) is 8.35. The van der Waals surface area contributed by atoms with E-state index in [1.54, 1.807) is 30.1 Å². The second kappa shape index (κ2) is 10.6. The number of ether oxygens (including phenoxy) is 1. The van der Waals surface area contributed by atoms with Gasteiger partial charge in [0.25, 0.3) is 5.91 Å². The smallest absolute Gasteiger partial charge is 0.289 e. The molecule has 0 fully saturated rings. The van der Waals surface area contributed by atoms with E-state index in [9.17, 15) is 14.0 Å². The van der Waals surface area contributed by atoms with Gasteiger partial charge >= 0.3 is 0 Å². The van der Waals surface area contributed by atoms with Crippen molar-refractivity contribution in [2.75, 3.05) is 13.6 Å². The maximum Gasteiger partial charge on any atom is 0.289 e. The molecule has 0 bridgehead atoms. The van der Waals surface area contributed by atoms with Gasteiger partial charge in [-0.2, -0.15) is 0 Å². The Balaban J connectivity index is 1.59. The van der Waals surface area contributed by atoms with Crippen LogP contribution in [0.3, 0.4) is 0 Å². The van der Waals surface area contributed by atoms with Crippen LogP contribution in [0.1, 0.15) is 66.7 Å². The summed E-state index contributed by atoms with van der Waals surface area (Å²) in [5.74, 6) is 0.745. The number of benzene rings is 2. The van der Waals surface area contributed by atoms with Crippen molar-refractivity contribution in [3.8, 4) is 5.75 Å². The van der Waals surface area contributed by atoms with Gasteiger partial charge in [-0.05, 0) is 73.4 Å². The number of halogens is 1. The average molecular weight is 493 g/mol. The third-order valence-corrected chi connectivity index (χ3v) is 6.64. The number of carbonyl (C=O) groups excluding carboxylic acids is 2. The molecule has 7 heteroatoms. The number of nitrogens with zero attached hydrogens (tertiary/aromatic N) is 2. The van der Waals surface area contributed by atoms with Crippen LogP contribution in [0.25, 0.3) is 0 Å². The van der Waals surface area contributed by atoms with Crippen LogP contribution in [0.15, 0.2) is 59.0 Å². The predicted molar refractivity (Wildman–Crippen MR) is 135 cm³/mol. The zero-order valence-corrected chi connectivity index (χ0v) is 21.5. The number of fused-ring (bicyclic) bond motifs is 1. The van der Waals surface area contributed by atoms with Gasteiger partial charge in [0.05, 0.1) is 6.04 Å². The Morgan fingerprint density at radius 3 is 2.58 bits per heavy atom. The molecule has 2 amide bonds. The summed E-state index contributed by atoms with van der Waals surface area (Å²) in [5, 5.41) is 0. The van der Waals surface area contributed by atoms with Gasteiger partial charge in [-0.1, -0.05) is 32.0 Å². The van der Waals surface area contributed by atoms with Gasteiger partial charge in [-0.15, -0.1) is 0 Å². The van der Waals surface area contributed by atoms with E-state index >= 15 is 0 Å². The number of carbonyl (C=O) groups is 2. The van der Waals surface area contributed by atoms with Crippen molar-refractivity contribution >= 4 is 11.8 Å². The van der Waals surface area contributed by atoms with E-state index in [0.717, 1.165) is 16.7 Å². The van der Waals surface area contributed by atoms with Crippen LogP contribution in [-0.2, 0) is 17.8 Å². The molecule has 0 unspecified atom stereocenters. The first-order chi connectivity index (χ1) is 17.2. The van der Waals surface area contributed by atoms with Gasteiger partial charge in [0.15, 0.2) is 5.76 Å². The first-order valence-electron chi connectivity index (χ1n) is 12.3. The summed E-state index contributed by atoms with van der Waals surface area (Å²) in [4.78, 5) is 29.0. The summed E-state index contributed by atoms with van der Waals surface area (Å²) in [6, 6.07) is 15.3. The number of amides is 2. The molecule has 0 aliphatic carbocycles. The molecule has 4 rings (SSSR count). The quantitative estimate of drug-likeness (QED) is 0.430. The zero-order chi connectivity index (χ0) is 26.0. The van der Waals surface area contributed by atoms with Crippen molar-refractivity contribution in [2.45, 2.75) is 52.8 Å². The Labute approximate surface area is 211 Å². The molecule has 0 N–H and O–H groups in total. The third-order valence-electron chi connectivity index (χ3n) is 6.64. The SMILES string of the molecule is CC(C)C(=O)N1CCc2ccc(OCc3ccc(C(=O)N(C)C(C)C)o3)cc2[C@@H]1c1cccc(F)c1. The Hall–Kier alpha value is -3.61. The molecule has 3 aromatic rings. The molecule has 1 atom stereocenters. The summed E-state index contributed by atoms with van der Waals surface area (Å²) >= 11 is 0. The first kappa shape index (κ1) is 25.5. The van der Waals surface area contributed by atoms with E-state index in [1.165, 1.54) is 12.1 Å². The second-order valence-corrected chi connectivity index (χ2v) is 9.82. The Bertz CT molecular complexity index is 1250. The van der Waals surface area contributed by atoms with Gasteiger partial charge < -0.3 is 19.0 Å². The van der Waals surface area contributed by atoms with Crippen molar-refractivity contribution in [1.29, 1.82) is 0 Å². The molecule has 1 aliphatic rings. The molecular formula is C29H33FN2O4. The van der Waals surface area contributed by atoms with E-state index < -0.39 is 6.04 Å². The molecule has 6 nitrogen and oxygen atoms in total. The van der Waals surface area contributed by atoms with Crippen molar-refractivity contribution in [3.05, 3.63) is 88.6 Å². The molecule has 1 aromatic heterocycles. The standard InChI is InChI=1S/C29H33FN2O4/c1-18(2)28(33)32-14-13-20-9-10-23(16-25(20)27(32)21-7-6-8-22(30)15-21)35-17-24-11-12-26(36-24)29(34)31(5)19(3)4/h6-12,15-16,18-19,27H,13-14,17H2,1-5H3/t27-/m0/s1. The van der Waals surface area contributed by atoms with E-state index in [1.807, 2.05) is 56.9 Å². The van der Waals surface area contributed by atoms with Gasteiger partial charge in [-0.25, -0.2) is 4.39 Å². The van der Waals surface area contributed by atoms with E-state index in [4.69, 9.17) is 9.15 Å². The summed E-state index contributed by atoms with van der Waals surface area (Å²) in [7, 11) is 1.74. The van der Waals surface area contributed by atoms with Crippen LogP contribution >= 0.6 is 0 Å². The molecule has 0 saturated carbocycles. The molecule has 190 valence electrons. The van der Waals surface area contributed by atoms with Crippen LogP contribution in [0.5, 0.6) is 5.75 Å². The minimum absolute atomic E-state index is 0.0281. The van der Waals surface area contributed by atoms with Gasteiger partial charge in [-0.3, -0.25) is 9.59 Å². The van der Waals surface area contributed by atoms with Crippen LogP contribution < -0.4 is 4.74 Å². The highest BCUT2D eigenvalue weighted by atomic mass is 19.1. The molecule has 36 heavy (non-hydrogen) atoms. The number of hydrogen-bond acceptors (Lipinski definition) is 4. The summed E-state index contributed by atoms with van der Waals surface area (Å²) in [6.07, 6.45) is 0.715. The van der Waals surface area contributed by atoms with Crippen LogP contribution in [-0.4, -0.2) is 41.2 Å². The van der Waals surface area contributed by atoms with Crippen molar-refractivity contribution in [2.24, 2.45) is 5.92 Å². The lowest BCUT2D eigenvalue weighted by Crippen LogP contribution is -2.42. The van der Waals surface area contributed by atoms with E-state index in [0.29, 0.717) is 24.5 Å². The predicted octanol–water partition coefficient (Wildman–Crippen LogP) is 5.61. The summed E-state index contributed by atoms with van der Waals surface area (Å²) in [5.41, 5.74) is 2.75. The fourth-order valence-corrected chi connectivity index (χ4v) is 4.42. The summed E-state index contributed by atoms with van der Waals surface area (Å²) < 4.78 is 25.9. The number of hydrogen-bond donors (Lipinski definition) is 0. The van der Waals surface area contributed by atoms with Crippen molar-refractivity contribution in [1.82, 2.24) is 9.80 Å². The van der Waals surface area contributed by atoms with Crippen molar-refractivity contribution in [3.63, 3.8) is 0 Å². The fraction of sp³-hybridized carbons (Fsp3) is 0.379. The topological polar surface area (TPSA) is 63.0 Å². The van der Waals surface area contributed by atoms with Gasteiger partial charge in [0.2, 0.25) is 5.91 Å². The minimum atomic E-state index is -0.401. The first-order valence-corrected chi connectivity index (χ1v) is 12.3. The fourth-order valence-electron chi connectivity index (χ4n) is 4.42. The molecule has 0 saturated heterocycles. The Morgan fingerprint density at radius 2 is 1.89 bits per heavy atom. The van der Waals surface area contributed by atoms with Crippen LogP contribution in [0, 0.1) is 11.7 Å². The Kier molecular flexibility index (Phi) is 7.48. The lowest BCUT2D eigenvalue weighted by molar-refractivity contribution is -0.136.